The molecule has 0 fully saturated rings. The first-order chi connectivity index (χ1) is 8.50. The zero-order valence-corrected chi connectivity index (χ0v) is 9.58. The van der Waals surface area contributed by atoms with E-state index in [4.69, 9.17) is 5.11 Å². The first-order valence-electron chi connectivity index (χ1n) is 5.29. The molecule has 0 unspecified atom stereocenters. The second kappa shape index (κ2) is 4.56. The summed E-state index contributed by atoms with van der Waals surface area (Å²) in [4.78, 5) is 10.8. The van der Waals surface area contributed by atoms with Crippen molar-refractivity contribution >= 4 is 5.97 Å². The highest BCUT2D eigenvalue weighted by atomic mass is 19.1. The van der Waals surface area contributed by atoms with E-state index < -0.39 is 17.6 Å². The van der Waals surface area contributed by atoms with Gasteiger partial charge in [-0.25, -0.2) is 13.6 Å². The van der Waals surface area contributed by atoms with Gasteiger partial charge in [-0.2, -0.15) is 0 Å². The third kappa shape index (κ3) is 2.09. The molecule has 0 aliphatic heterocycles. The van der Waals surface area contributed by atoms with Crippen molar-refractivity contribution in [2.24, 2.45) is 0 Å². The number of carboxylic acids is 1. The smallest absolute Gasteiger partial charge is 0.335 e. The van der Waals surface area contributed by atoms with Crippen LogP contribution >= 0.6 is 0 Å². The van der Waals surface area contributed by atoms with Crippen LogP contribution in [0.5, 0.6) is 0 Å². The van der Waals surface area contributed by atoms with Crippen LogP contribution in [-0.2, 0) is 0 Å². The van der Waals surface area contributed by atoms with E-state index in [1.54, 1.807) is 0 Å². The Kier molecular flexibility index (Phi) is 3.10. The lowest BCUT2D eigenvalue weighted by atomic mass is 10.00. The molecule has 92 valence electrons. The van der Waals surface area contributed by atoms with Crippen LogP contribution in [0.15, 0.2) is 36.4 Å². The number of rotatable bonds is 2. The van der Waals surface area contributed by atoms with E-state index in [-0.39, 0.29) is 16.7 Å². The average molecular weight is 248 g/mol. The van der Waals surface area contributed by atoms with Crippen molar-refractivity contribution in [3.05, 3.63) is 59.2 Å². The van der Waals surface area contributed by atoms with E-state index in [1.165, 1.54) is 43.3 Å². The van der Waals surface area contributed by atoms with E-state index in [0.29, 0.717) is 5.56 Å². The molecule has 4 heteroatoms. The molecule has 2 rings (SSSR count). The van der Waals surface area contributed by atoms with Gasteiger partial charge in [0.2, 0.25) is 0 Å². The second-order valence-electron chi connectivity index (χ2n) is 3.94. The predicted molar refractivity (Wildman–Crippen MR) is 63.5 cm³/mol. The number of aryl methyl sites for hydroxylation is 1. The fourth-order valence-corrected chi connectivity index (χ4v) is 1.73. The molecular weight excluding hydrogens is 238 g/mol. The van der Waals surface area contributed by atoms with Crippen molar-refractivity contribution < 1.29 is 18.7 Å². The average Bonchev–Trinajstić information content (AvgIpc) is 2.35. The monoisotopic (exact) mass is 248 g/mol. The van der Waals surface area contributed by atoms with Gasteiger partial charge in [-0.05, 0) is 36.2 Å². The first-order valence-corrected chi connectivity index (χ1v) is 5.29. The Labute approximate surface area is 103 Å². The van der Waals surface area contributed by atoms with Crippen molar-refractivity contribution in [2.45, 2.75) is 6.92 Å². The molecule has 0 bridgehead atoms. The minimum Gasteiger partial charge on any atom is -0.478 e. The number of hydrogen-bond donors (Lipinski definition) is 1. The quantitative estimate of drug-likeness (QED) is 0.880. The minimum absolute atomic E-state index is 0.00666. The highest BCUT2D eigenvalue weighted by molar-refractivity contribution is 5.89. The van der Waals surface area contributed by atoms with Crippen LogP contribution in [-0.4, -0.2) is 11.1 Å². The molecule has 0 heterocycles. The Bertz CT molecular complexity index is 621. The number of carbonyl (C=O) groups is 1. The number of carboxylic acid groups (broad SMARTS) is 1. The minimum atomic E-state index is -1.13. The van der Waals surface area contributed by atoms with Crippen LogP contribution in [0.25, 0.3) is 11.1 Å². The van der Waals surface area contributed by atoms with E-state index in [9.17, 15) is 13.6 Å². The summed E-state index contributed by atoms with van der Waals surface area (Å²) >= 11 is 0. The fourth-order valence-electron chi connectivity index (χ4n) is 1.73. The summed E-state index contributed by atoms with van der Waals surface area (Å²) in [6, 6.07) is 8.07. The third-order valence-corrected chi connectivity index (χ3v) is 2.68. The van der Waals surface area contributed by atoms with Gasteiger partial charge in [0.15, 0.2) is 0 Å². The summed E-state index contributed by atoms with van der Waals surface area (Å²) in [5.74, 6) is -2.51. The maximum atomic E-state index is 13.9. The summed E-state index contributed by atoms with van der Waals surface area (Å²) in [5.41, 5.74) is 0.326. The summed E-state index contributed by atoms with van der Waals surface area (Å²) in [6.45, 7) is 1.53. The summed E-state index contributed by atoms with van der Waals surface area (Å²) in [7, 11) is 0. The lowest BCUT2D eigenvalue weighted by Gasteiger charge is -2.08. The van der Waals surface area contributed by atoms with E-state index >= 15 is 0 Å². The van der Waals surface area contributed by atoms with Crippen molar-refractivity contribution in [2.75, 3.05) is 0 Å². The van der Waals surface area contributed by atoms with Gasteiger partial charge in [0.05, 0.1) is 11.1 Å². The van der Waals surface area contributed by atoms with E-state index in [0.717, 1.165) is 0 Å². The number of halogens is 2. The Morgan fingerprint density at radius 3 is 2.56 bits per heavy atom. The molecule has 2 nitrogen and oxygen atoms in total. The molecule has 0 saturated carbocycles. The van der Waals surface area contributed by atoms with Crippen LogP contribution in [0.4, 0.5) is 8.78 Å². The molecule has 0 amide bonds. The Morgan fingerprint density at radius 1 is 1.17 bits per heavy atom. The van der Waals surface area contributed by atoms with Crippen molar-refractivity contribution in [3.8, 4) is 11.1 Å². The molecule has 0 radical (unpaired) electrons. The molecule has 0 atom stereocenters. The molecule has 2 aromatic carbocycles. The highest BCUT2D eigenvalue weighted by Gasteiger charge is 2.14. The van der Waals surface area contributed by atoms with Gasteiger partial charge in [-0.3, -0.25) is 0 Å². The SMILES string of the molecule is Cc1ccc(F)c(-c2cccc(C(=O)O)c2)c1F. The van der Waals surface area contributed by atoms with Crippen LogP contribution in [0.2, 0.25) is 0 Å². The van der Waals surface area contributed by atoms with Gasteiger partial charge in [0.1, 0.15) is 11.6 Å². The maximum Gasteiger partial charge on any atom is 0.335 e. The summed E-state index contributed by atoms with van der Waals surface area (Å²) in [5, 5.41) is 8.86. The highest BCUT2D eigenvalue weighted by Crippen LogP contribution is 2.28. The Hall–Kier alpha value is -2.23. The van der Waals surface area contributed by atoms with Crippen LogP contribution < -0.4 is 0 Å². The standard InChI is InChI=1S/C14H10F2O2/c1-8-5-6-11(15)12(13(8)16)9-3-2-4-10(7-9)14(17)18/h2-7H,1H3,(H,17,18). The number of aromatic carboxylic acids is 1. The zero-order chi connectivity index (χ0) is 13.3. The number of benzene rings is 2. The normalized spacial score (nSPS) is 10.4. The predicted octanol–water partition coefficient (Wildman–Crippen LogP) is 3.64. The van der Waals surface area contributed by atoms with Crippen LogP contribution in [0, 0.1) is 18.6 Å². The van der Waals surface area contributed by atoms with Crippen molar-refractivity contribution in [3.63, 3.8) is 0 Å². The molecule has 0 aliphatic rings. The molecule has 0 spiro atoms. The molecular formula is C14H10F2O2. The topological polar surface area (TPSA) is 37.3 Å². The largest absolute Gasteiger partial charge is 0.478 e. The van der Waals surface area contributed by atoms with Gasteiger partial charge in [-0.15, -0.1) is 0 Å². The zero-order valence-electron chi connectivity index (χ0n) is 9.58. The second-order valence-corrected chi connectivity index (χ2v) is 3.94. The first kappa shape index (κ1) is 12.2. The van der Waals surface area contributed by atoms with Gasteiger partial charge in [-0.1, -0.05) is 18.2 Å². The lowest BCUT2D eigenvalue weighted by Crippen LogP contribution is -1.98. The van der Waals surface area contributed by atoms with E-state index in [1.807, 2.05) is 0 Å². The van der Waals surface area contributed by atoms with Crippen molar-refractivity contribution in [1.82, 2.24) is 0 Å². The Morgan fingerprint density at radius 2 is 1.89 bits per heavy atom. The van der Waals surface area contributed by atoms with Gasteiger partial charge >= 0.3 is 5.97 Å². The molecule has 2 aromatic rings. The van der Waals surface area contributed by atoms with Gasteiger partial charge in [0, 0.05) is 0 Å². The maximum absolute atomic E-state index is 13.9. The van der Waals surface area contributed by atoms with Gasteiger partial charge < -0.3 is 5.11 Å². The summed E-state index contributed by atoms with van der Waals surface area (Å²) in [6.07, 6.45) is 0. The molecule has 0 saturated heterocycles. The fraction of sp³-hybridized carbons (Fsp3) is 0.0714. The molecule has 0 aliphatic carbocycles. The van der Waals surface area contributed by atoms with Gasteiger partial charge in [0.25, 0.3) is 0 Å². The Balaban J connectivity index is 2.65. The van der Waals surface area contributed by atoms with Crippen molar-refractivity contribution in [1.29, 1.82) is 0 Å². The number of hydrogen-bond acceptors (Lipinski definition) is 1. The summed E-state index contributed by atoms with van der Waals surface area (Å²) < 4.78 is 27.6. The van der Waals surface area contributed by atoms with Crippen LogP contribution in [0.1, 0.15) is 15.9 Å². The van der Waals surface area contributed by atoms with Crippen LogP contribution in [0.3, 0.4) is 0 Å². The van der Waals surface area contributed by atoms with E-state index in [2.05, 4.69) is 0 Å². The molecule has 0 aromatic heterocycles. The lowest BCUT2D eigenvalue weighted by molar-refractivity contribution is 0.0697. The molecule has 1 N–H and O–H groups in total. The third-order valence-electron chi connectivity index (χ3n) is 2.68. The molecule has 18 heavy (non-hydrogen) atoms.